The van der Waals surface area contributed by atoms with Crippen molar-refractivity contribution in [2.45, 2.75) is 6.92 Å². The molecule has 3 rings (SSSR count). The summed E-state index contributed by atoms with van der Waals surface area (Å²) in [5, 5.41) is 4.52. The fourth-order valence-electron chi connectivity index (χ4n) is 2.08. The van der Waals surface area contributed by atoms with Gasteiger partial charge < -0.3 is 0 Å². The lowest BCUT2D eigenvalue weighted by Crippen LogP contribution is -2.37. The molecule has 1 aromatic carbocycles. The third-order valence-corrected chi connectivity index (χ3v) is 3.19. The van der Waals surface area contributed by atoms with E-state index >= 15 is 0 Å². The number of nitrogens with zero attached hydrogens (tertiary/aromatic N) is 3. The average Bonchev–Trinajstić information content (AvgIpc) is 2.44. The minimum Gasteiger partial charge on any atom is -0.285 e. The third kappa shape index (κ3) is 1.91. The topological polar surface area (TPSA) is 39.0 Å². The molecule has 0 aliphatic carbocycles. The highest BCUT2D eigenvalue weighted by atomic mass is 16.1. The second-order valence-corrected chi connectivity index (χ2v) is 4.58. The standard InChI is InChI=1S/C15H14N3O/c1-11-6-8-12(9-7-11)14-16-18-10-4-3-5-13(18)15(19)17(14)2/h3-10H,1-2H3/q+1. The molecule has 4 nitrogen and oxygen atoms in total. The minimum absolute atomic E-state index is 0.0498. The summed E-state index contributed by atoms with van der Waals surface area (Å²) in [7, 11) is 1.75. The van der Waals surface area contributed by atoms with Crippen LogP contribution in [0.15, 0.2) is 53.5 Å². The molecule has 0 amide bonds. The van der Waals surface area contributed by atoms with Crippen molar-refractivity contribution in [1.29, 1.82) is 0 Å². The lowest BCUT2D eigenvalue weighted by Gasteiger charge is -2.04. The molecular formula is C15H14N3O+. The quantitative estimate of drug-likeness (QED) is 0.616. The van der Waals surface area contributed by atoms with Gasteiger partial charge >= 0.3 is 11.1 Å². The van der Waals surface area contributed by atoms with E-state index in [1.807, 2.05) is 43.3 Å². The first-order chi connectivity index (χ1) is 9.16. The van der Waals surface area contributed by atoms with E-state index in [0.717, 1.165) is 5.56 Å². The zero-order chi connectivity index (χ0) is 13.4. The fourth-order valence-corrected chi connectivity index (χ4v) is 2.08. The molecule has 0 N–H and O–H groups in total. The van der Waals surface area contributed by atoms with Crippen molar-refractivity contribution in [2.75, 3.05) is 0 Å². The molecule has 0 saturated heterocycles. The number of aryl methyl sites for hydroxylation is 1. The highest BCUT2D eigenvalue weighted by Gasteiger charge is 2.15. The molecule has 0 spiro atoms. The van der Waals surface area contributed by atoms with Gasteiger partial charge in [0.15, 0.2) is 0 Å². The third-order valence-electron chi connectivity index (χ3n) is 3.19. The lowest BCUT2D eigenvalue weighted by molar-refractivity contribution is -0.581. The molecule has 0 saturated carbocycles. The van der Waals surface area contributed by atoms with E-state index in [1.54, 1.807) is 28.4 Å². The highest BCUT2D eigenvalue weighted by Crippen LogP contribution is 2.14. The van der Waals surface area contributed by atoms with Gasteiger partial charge in [-0.15, -0.1) is 0 Å². The summed E-state index contributed by atoms with van der Waals surface area (Å²) >= 11 is 0. The molecule has 0 radical (unpaired) electrons. The maximum Gasteiger partial charge on any atom is 0.327 e. The molecule has 0 aliphatic rings. The predicted octanol–water partition coefficient (Wildman–Crippen LogP) is 1.49. The number of pyridine rings is 1. The molecular weight excluding hydrogens is 238 g/mol. The van der Waals surface area contributed by atoms with E-state index in [-0.39, 0.29) is 5.56 Å². The summed E-state index contributed by atoms with van der Waals surface area (Å²) in [5.41, 5.74) is 2.64. The first kappa shape index (κ1) is 11.6. The van der Waals surface area contributed by atoms with Gasteiger partial charge in [0.05, 0.1) is 0 Å². The van der Waals surface area contributed by atoms with Gasteiger partial charge in [0.2, 0.25) is 12.0 Å². The first-order valence-electron chi connectivity index (χ1n) is 6.11. The number of rotatable bonds is 1. The summed E-state index contributed by atoms with van der Waals surface area (Å²) in [6.07, 6.45) is 1.79. The molecule has 0 fully saturated rings. The zero-order valence-corrected chi connectivity index (χ0v) is 10.9. The number of benzene rings is 1. The molecule has 2 heterocycles. The van der Waals surface area contributed by atoms with Crippen LogP contribution in [0.1, 0.15) is 5.56 Å². The van der Waals surface area contributed by atoms with E-state index in [4.69, 9.17) is 0 Å². The van der Waals surface area contributed by atoms with Crippen molar-refractivity contribution in [2.24, 2.45) is 7.05 Å². The monoisotopic (exact) mass is 252 g/mol. The normalized spacial score (nSPS) is 10.8. The van der Waals surface area contributed by atoms with Crippen LogP contribution >= 0.6 is 0 Å². The Labute approximate surface area is 110 Å². The molecule has 0 unspecified atom stereocenters. The van der Waals surface area contributed by atoms with Crippen molar-refractivity contribution in [1.82, 2.24) is 9.67 Å². The number of fused-ring (bicyclic) bond motifs is 1. The van der Waals surface area contributed by atoms with Crippen LogP contribution in [0.25, 0.3) is 16.9 Å². The number of aromatic nitrogens is 3. The van der Waals surface area contributed by atoms with Crippen molar-refractivity contribution in [3.8, 4) is 11.4 Å². The number of hydrogen-bond donors (Lipinski definition) is 0. The van der Waals surface area contributed by atoms with Gasteiger partial charge in [0.1, 0.15) is 0 Å². The van der Waals surface area contributed by atoms with Crippen LogP contribution in [0.5, 0.6) is 0 Å². The van der Waals surface area contributed by atoms with Crippen LogP contribution in [0.2, 0.25) is 0 Å². The van der Waals surface area contributed by atoms with Gasteiger partial charge in [0, 0.05) is 29.8 Å². The van der Waals surface area contributed by atoms with Crippen LogP contribution in [0.4, 0.5) is 0 Å². The van der Waals surface area contributed by atoms with Gasteiger partial charge in [-0.05, 0) is 17.5 Å². The summed E-state index contributed by atoms with van der Waals surface area (Å²) in [6.45, 7) is 2.03. The van der Waals surface area contributed by atoms with Crippen molar-refractivity contribution >= 4 is 5.52 Å². The molecule has 94 valence electrons. The Morgan fingerprint density at radius 1 is 1.11 bits per heavy atom. The van der Waals surface area contributed by atoms with Gasteiger partial charge in [-0.3, -0.25) is 9.36 Å². The maximum atomic E-state index is 12.3. The van der Waals surface area contributed by atoms with Crippen molar-refractivity contribution in [3.63, 3.8) is 0 Å². The van der Waals surface area contributed by atoms with E-state index in [1.165, 1.54) is 5.56 Å². The van der Waals surface area contributed by atoms with E-state index in [0.29, 0.717) is 11.3 Å². The zero-order valence-electron chi connectivity index (χ0n) is 10.9. The summed E-state index contributed by atoms with van der Waals surface area (Å²) in [5.74, 6) is 0.661. The van der Waals surface area contributed by atoms with Crippen molar-refractivity contribution < 1.29 is 4.52 Å². The van der Waals surface area contributed by atoms with Crippen molar-refractivity contribution in [3.05, 3.63) is 64.6 Å². The van der Waals surface area contributed by atoms with Crippen LogP contribution in [-0.4, -0.2) is 9.67 Å². The second-order valence-electron chi connectivity index (χ2n) is 4.58. The molecule has 4 heteroatoms. The summed E-state index contributed by atoms with van der Waals surface area (Å²) < 4.78 is 3.21. The highest BCUT2D eigenvalue weighted by molar-refractivity contribution is 5.55. The Balaban J connectivity index is 2.33. The van der Waals surface area contributed by atoms with E-state index in [2.05, 4.69) is 5.10 Å². The lowest BCUT2D eigenvalue weighted by atomic mass is 10.1. The van der Waals surface area contributed by atoms with Gasteiger partial charge in [-0.1, -0.05) is 29.8 Å². The second kappa shape index (κ2) is 4.31. The van der Waals surface area contributed by atoms with Gasteiger partial charge in [-0.25, -0.2) is 0 Å². The van der Waals surface area contributed by atoms with Crippen LogP contribution < -0.4 is 10.1 Å². The Hall–Kier alpha value is -2.49. The fraction of sp³-hybridized carbons (Fsp3) is 0.133. The predicted molar refractivity (Wildman–Crippen MR) is 72.8 cm³/mol. The van der Waals surface area contributed by atoms with Gasteiger partial charge in [0.25, 0.3) is 0 Å². The van der Waals surface area contributed by atoms with E-state index < -0.39 is 0 Å². The largest absolute Gasteiger partial charge is 0.327 e. The Kier molecular flexibility index (Phi) is 2.63. The van der Waals surface area contributed by atoms with E-state index in [9.17, 15) is 4.79 Å². The average molecular weight is 252 g/mol. The van der Waals surface area contributed by atoms with Crippen LogP contribution in [0.3, 0.4) is 0 Å². The summed E-state index contributed by atoms with van der Waals surface area (Å²) in [6, 6.07) is 13.5. The molecule has 2 aromatic heterocycles. The Bertz CT molecular complexity index is 804. The minimum atomic E-state index is -0.0498. The van der Waals surface area contributed by atoms with Crippen LogP contribution in [0, 0.1) is 6.92 Å². The molecule has 0 bridgehead atoms. The van der Waals surface area contributed by atoms with Crippen LogP contribution in [-0.2, 0) is 7.05 Å². The molecule has 0 atom stereocenters. The SMILES string of the molecule is Cc1ccc(-c2n[n+]3ccccc3c(=O)n2C)cc1. The molecule has 0 aliphatic heterocycles. The summed E-state index contributed by atoms with van der Waals surface area (Å²) in [4.78, 5) is 12.3. The maximum absolute atomic E-state index is 12.3. The first-order valence-corrected chi connectivity index (χ1v) is 6.11. The number of hydrogen-bond acceptors (Lipinski definition) is 2. The molecule has 19 heavy (non-hydrogen) atoms. The van der Waals surface area contributed by atoms with Gasteiger partial charge in [-0.2, -0.15) is 0 Å². The smallest absolute Gasteiger partial charge is 0.285 e. The molecule has 3 aromatic rings. The Morgan fingerprint density at radius 3 is 2.58 bits per heavy atom. The Morgan fingerprint density at radius 2 is 1.84 bits per heavy atom.